The summed E-state index contributed by atoms with van der Waals surface area (Å²) in [4.78, 5) is -0.408. The number of aromatic nitrogens is 3. The number of hydrogen-bond donors (Lipinski definition) is 1. The van der Waals surface area contributed by atoms with Gasteiger partial charge in [-0.3, -0.25) is 0 Å². The lowest BCUT2D eigenvalue weighted by Crippen LogP contribution is -2.30. The molecule has 1 aliphatic heterocycles. The SMILES string of the molecule is O=S(=O)(c1ccc(NCc2cn(C3COC3)nn2)cc1)C(F)F. The van der Waals surface area contributed by atoms with Crippen LogP contribution in [-0.4, -0.2) is 42.4 Å². The summed E-state index contributed by atoms with van der Waals surface area (Å²) in [6.45, 7) is 1.63. The Morgan fingerprint density at radius 3 is 2.57 bits per heavy atom. The molecule has 0 spiro atoms. The fraction of sp³-hybridized carbons (Fsp3) is 0.385. The van der Waals surface area contributed by atoms with E-state index in [1.54, 1.807) is 10.9 Å². The lowest BCUT2D eigenvalue weighted by Gasteiger charge is -2.25. The van der Waals surface area contributed by atoms with Gasteiger partial charge in [-0.15, -0.1) is 5.10 Å². The molecule has 3 rings (SSSR count). The van der Waals surface area contributed by atoms with Crippen molar-refractivity contribution in [3.05, 3.63) is 36.2 Å². The molecule has 1 aromatic heterocycles. The zero-order chi connectivity index (χ0) is 16.4. The van der Waals surface area contributed by atoms with Gasteiger partial charge in [0, 0.05) is 5.69 Å². The highest BCUT2D eigenvalue weighted by Gasteiger charge is 2.26. The molecular formula is C13H14F2N4O3S. The maximum absolute atomic E-state index is 12.4. The molecule has 0 amide bonds. The number of halogens is 2. The van der Waals surface area contributed by atoms with E-state index in [1.807, 2.05) is 0 Å². The van der Waals surface area contributed by atoms with Crippen molar-refractivity contribution in [3.63, 3.8) is 0 Å². The van der Waals surface area contributed by atoms with Crippen LogP contribution in [0, 0.1) is 0 Å². The first kappa shape index (κ1) is 15.8. The molecule has 0 bridgehead atoms. The average molecular weight is 344 g/mol. The highest BCUT2D eigenvalue weighted by Crippen LogP contribution is 2.20. The highest BCUT2D eigenvalue weighted by molar-refractivity contribution is 7.91. The second kappa shape index (κ2) is 6.20. The average Bonchev–Trinajstić information content (AvgIpc) is 2.92. The molecular weight excluding hydrogens is 330 g/mol. The lowest BCUT2D eigenvalue weighted by molar-refractivity contribution is -0.0293. The van der Waals surface area contributed by atoms with Gasteiger partial charge < -0.3 is 10.1 Å². The summed E-state index contributed by atoms with van der Waals surface area (Å²) < 4.78 is 54.3. The third-order valence-corrected chi connectivity index (χ3v) is 4.84. The second-order valence-electron chi connectivity index (χ2n) is 5.06. The van der Waals surface area contributed by atoms with Crippen molar-refractivity contribution in [1.82, 2.24) is 15.0 Å². The molecule has 2 heterocycles. The third-order valence-electron chi connectivity index (χ3n) is 3.44. The van der Waals surface area contributed by atoms with Crippen LogP contribution in [0.1, 0.15) is 11.7 Å². The molecule has 10 heteroatoms. The van der Waals surface area contributed by atoms with Gasteiger partial charge in [0.25, 0.3) is 0 Å². The first-order valence-electron chi connectivity index (χ1n) is 6.81. The van der Waals surface area contributed by atoms with Gasteiger partial charge in [-0.25, -0.2) is 13.1 Å². The fourth-order valence-electron chi connectivity index (χ4n) is 2.01. The predicted octanol–water partition coefficient (Wildman–Crippen LogP) is 1.46. The zero-order valence-corrected chi connectivity index (χ0v) is 12.7. The van der Waals surface area contributed by atoms with E-state index in [0.29, 0.717) is 31.1 Å². The molecule has 0 aliphatic carbocycles. The number of anilines is 1. The molecule has 124 valence electrons. The van der Waals surface area contributed by atoms with Gasteiger partial charge in [-0.05, 0) is 24.3 Å². The number of ether oxygens (including phenoxy) is 1. The van der Waals surface area contributed by atoms with Crippen LogP contribution >= 0.6 is 0 Å². The maximum Gasteiger partial charge on any atom is 0.341 e. The van der Waals surface area contributed by atoms with Gasteiger partial charge in [-0.1, -0.05) is 5.21 Å². The number of alkyl halides is 2. The number of nitrogens with one attached hydrogen (secondary N) is 1. The van der Waals surface area contributed by atoms with Crippen LogP contribution < -0.4 is 5.32 Å². The summed E-state index contributed by atoms with van der Waals surface area (Å²) in [7, 11) is -4.56. The number of sulfone groups is 1. The lowest BCUT2D eigenvalue weighted by atomic mass is 10.3. The van der Waals surface area contributed by atoms with Crippen LogP contribution in [0.25, 0.3) is 0 Å². The van der Waals surface area contributed by atoms with E-state index < -0.39 is 20.5 Å². The molecule has 1 N–H and O–H groups in total. The van der Waals surface area contributed by atoms with Crippen molar-refractivity contribution in [1.29, 1.82) is 0 Å². The van der Waals surface area contributed by atoms with Gasteiger partial charge in [0.1, 0.15) is 11.7 Å². The highest BCUT2D eigenvalue weighted by atomic mass is 32.2. The first-order valence-corrected chi connectivity index (χ1v) is 8.36. The maximum atomic E-state index is 12.4. The van der Waals surface area contributed by atoms with Crippen LogP contribution in [0.3, 0.4) is 0 Å². The Hall–Kier alpha value is -2.07. The zero-order valence-electron chi connectivity index (χ0n) is 11.9. The van der Waals surface area contributed by atoms with Crippen molar-refractivity contribution in [3.8, 4) is 0 Å². The second-order valence-corrected chi connectivity index (χ2v) is 6.98. The minimum absolute atomic E-state index is 0.218. The van der Waals surface area contributed by atoms with Gasteiger partial charge >= 0.3 is 5.76 Å². The fourth-order valence-corrected chi connectivity index (χ4v) is 2.73. The van der Waals surface area contributed by atoms with Crippen LogP contribution in [-0.2, 0) is 21.1 Å². The Morgan fingerprint density at radius 2 is 2.00 bits per heavy atom. The Kier molecular flexibility index (Phi) is 4.26. The van der Waals surface area contributed by atoms with Crippen molar-refractivity contribution in [2.75, 3.05) is 18.5 Å². The Morgan fingerprint density at radius 1 is 1.30 bits per heavy atom. The molecule has 1 saturated heterocycles. The molecule has 0 unspecified atom stereocenters. The Labute approximate surface area is 131 Å². The Bertz CT molecular complexity index is 773. The molecule has 0 saturated carbocycles. The summed E-state index contributed by atoms with van der Waals surface area (Å²) in [5, 5.41) is 11.0. The number of rotatable bonds is 6. The van der Waals surface area contributed by atoms with Crippen molar-refractivity contribution < 1.29 is 21.9 Å². The van der Waals surface area contributed by atoms with Crippen molar-refractivity contribution >= 4 is 15.5 Å². The van der Waals surface area contributed by atoms with E-state index in [0.717, 1.165) is 12.1 Å². The van der Waals surface area contributed by atoms with Crippen LogP contribution in [0.15, 0.2) is 35.4 Å². The monoisotopic (exact) mass is 344 g/mol. The van der Waals surface area contributed by atoms with E-state index >= 15 is 0 Å². The van der Waals surface area contributed by atoms with Crippen LogP contribution in [0.4, 0.5) is 14.5 Å². The molecule has 0 radical (unpaired) electrons. The summed E-state index contributed by atoms with van der Waals surface area (Å²) in [6, 6.07) is 5.37. The van der Waals surface area contributed by atoms with E-state index in [1.165, 1.54) is 12.1 Å². The first-order chi connectivity index (χ1) is 11.0. The van der Waals surface area contributed by atoms with Gasteiger partial charge in [-0.2, -0.15) is 8.78 Å². The van der Waals surface area contributed by atoms with E-state index in [-0.39, 0.29) is 6.04 Å². The number of benzene rings is 1. The molecule has 0 atom stereocenters. The summed E-state index contributed by atoms with van der Waals surface area (Å²) in [5.41, 5.74) is 1.31. The minimum Gasteiger partial charge on any atom is -0.379 e. The van der Waals surface area contributed by atoms with Crippen molar-refractivity contribution in [2.45, 2.75) is 23.2 Å². The Balaban J connectivity index is 1.61. The summed E-state index contributed by atoms with van der Waals surface area (Å²) in [6.07, 6.45) is 1.80. The molecule has 7 nitrogen and oxygen atoms in total. The van der Waals surface area contributed by atoms with Crippen LogP contribution in [0.2, 0.25) is 0 Å². The molecule has 1 fully saturated rings. The standard InChI is InChI=1S/C13H14F2N4O3S/c14-13(15)23(20,21)12-3-1-9(2-4-12)16-5-10-6-19(18-17-10)11-7-22-8-11/h1-4,6,11,13,16H,5,7-8H2. The van der Waals surface area contributed by atoms with Gasteiger partial charge in [0.2, 0.25) is 9.84 Å². The van der Waals surface area contributed by atoms with Crippen molar-refractivity contribution in [2.24, 2.45) is 0 Å². The van der Waals surface area contributed by atoms with Gasteiger partial charge in [0.05, 0.1) is 30.9 Å². The molecule has 1 aliphatic rings. The molecule has 1 aromatic carbocycles. The number of hydrogen-bond acceptors (Lipinski definition) is 6. The quantitative estimate of drug-likeness (QED) is 0.854. The third kappa shape index (κ3) is 3.32. The van der Waals surface area contributed by atoms with Crippen LogP contribution in [0.5, 0.6) is 0 Å². The summed E-state index contributed by atoms with van der Waals surface area (Å²) >= 11 is 0. The molecule has 2 aromatic rings. The van der Waals surface area contributed by atoms with E-state index in [9.17, 15) is 17.2 Å². The van der Waals surface area contributed by atoms with E-state index in [2.05, 4.69) is 15.6 Å². The largest absolute Gasteiger partial charge is 0.379 e. The number of nitrogens with zero attached hydrogens (tertiary/aromatic N) is 3. The molecule has 23 heavy (non-hydrogen) atoms. The smallest absolute Gasteiger partial charge is 0.341 e. The van der Waals surface area contributed by atoms with Gasteiger partial charge in [0.15, 0.2) is 0 Å². The van der Waals surface area contributed by atoms with E-state index in [4.69, 9.17) is 4.74 Å². The normalized spacial score (nSPS) is 15.6. The predicted molar refractivity (Wildman–Crippen MR) is 76.8 cm³/mol. The minimum atomic E-state index is -4.56. The topological polar surface area (TPSA) is 86.1 Å². The summed E-state index contributed by atoms with van der Waals surface area (Å²) in [5.74, 6) is -3.42.